The highest BCUT2D eigenvalue weighted by molar-refractivity contribution is 6.31. The van der Waals surface area contributed by atoms with Crippen molar-refractivity contribution in [1.82, 2.24) is 4.98 Å². The highest BCUT2D eigenvalue weighted by atomic mass is 35.5. The van der Waals surface area contributed by atoms with Crippen molar-refractivity contribution in [2.75, 3.05) is 5.32 Å². The van der Waals surface area contributed by atoms with Gasteiger partial charge in [0.2, 0.25) is 0 Å². The number of pyridine rings is 1. The molecule has 4 nitrogen and oxygen atoms in total. The van der Waals surface area contributed by atoms with Gasteiger partial charge in [0, 0.05) is 27.5 Å². The number of carbonyl (C=O) groups is 1. The first kappa shape index (κ1) is 15.3. The summed E-state index contributed by atoms with van der Waals surface area (Å²) >= 11 is 6.17. The maximum atomic E-state index is 10.9. The molecular weight excluding hydrogens is 312 g/mol. The molecule has 0 saturated carbocycles. The molecule has 1 heterocycles. The Balaban J connectivity index is 2.07. The van der Waals surface area contributed by atoms with Crippen LogP contribution in [0.3, 0.4) is 0 Å². The maximum Gasteiger partial charge on any atom is 0.335 e. The van der Waals surface area contributed by atoms with E-state index >= 15 is 0 Å². The summed E-state index contributed by atoms with van der Waals surface area (Å²) in [7, 11) is 0. The van der Waals surface area contributed by atoms with Crippen LogP contribution in [0.1, 0.15) is 21.6 Å². The number of carboxylic acids is 1. The standard InChI is InChI=1S/C18H15ClN2O2/c1-10-7-13(19)9-15-16(8-11(2)20-17(10)15)21-14-5-3-12(4-6-14)18(22)23/h3-9H,1-2H3,(H,20,21)(H,22,23). The summed E-state index contributed by atoms with van der Waals surface area (Å²) in [6, 6.07) is 12.3. The van der Waals surface area contributed by atoms with Crippen molar-refractivity contribution < 1.29 is 9.90 Å². The Labute approximate surface area is 138 Å². The van der Waals surface area contributed by atoms with Crippen LogP contribution in [0.4, 0.5) is 11.4 Å². The van der Waals surface area contributed by atoms with E-state index in [-0.39, 0.29) is 5.56 Å². The van der Waals surface area contributed by atoms with Gasteiger partial charge in [0.25, 0.3) is 0 Å². The second kappa shape index (κ2) is 5.89. The van der Waals surface area contributed by atoms with Crippen molar-refractivity contribution in [1.29, 1.82) is 0 Å². The lowest BCUT2D eigenvalue weighted by Gasteiger charge is -2.13. The number of nitrogens with zero attached hydrogens (tertiary/aromatic N) is 1. The largest absolute Gasteiger partial charge is 0.478 e. The predicted molar refractivity (Wildman–Crippen MR) is 92.9 cm³/mol. The predicted octanol–water partition coefficient (Wildman–Crippen LogP) is 4.95. The number of fused-ring (bicyclic) bond motifs is 1. The number of hydrogen-bond donors (Lipinski definition) is 2. The number of anilines is 2. The van der Waals surface area contributed by atoms with Crippen LogP contribution in [0.25, 0.3) is 10.9 Å². The summed E-state index contributed by atoms with van der Waals surface area (Å²) < 4.78 is 0. The second-order valence-electron chi connectivity index (χ2n) is 5.44. The summed E-state index contributed by atoms with van der Waals surface area (Å²) in [5.41, 5.74) is 4.76. The van der Waals surface area contributed by atoms with Crippen LogP contribution in [0.2, 0.25) is 5.02 Å². The third-order valence-corrected chi connectivity index (χ3v) is 3.83. The van der Waals surface area contributed by atoms with Crippen LogP contribution in [0.5, 0.6) is 0 Å². The van der Waals surface area contributed by atoms with Gasteiger partial charge in [-0.25, -0.2) is 4.79 Å². The fraction of sp³-hybridized carbons (Fsp3) is 0.111. The third kappa shape index (κ3) is 3.12. The SMILES string of the molecule is Cc1cc(Nc2ccc(C(=O)O)cc2)c2cc(Cl)cc(C)c2n1. The molecule has 0 fully saturated rings. The average molecular weight is 327 g/mol. The van der Waals surface area contributed by atoms with Crippen molar-refractivity contribution in [3.05, 3.63) is 64.3 Å². The number of aryl methyl sites for hydroxylation is 2. The van der Waals surface area contributed by atoms with Crippen LogP contribution in [-0.2, 0) is 0 Å². The first-order valence-electron chi connectivity index (χ1n) is 7.12. The number of halogens is 1. The van der Waals surface area contributed by atoms with Crippen molar-refractivity contribution in [3.63, 3.8) is 0 Å². The number of benzene rings is 2. The zero-order valence-electron chi connectivity index (χ0n) is 12.7. The smallest absolute Gasteiger partial charge is 0.335 e. The number of aromatic nitrogens is 1. The number of nitrogens with one attached hydrogen (secondary N) is 1. The van der Waals surface area contributed by atoms with Crippen LogP contribution in [0, 0.1) is 13.8 Å². The minimum atomic E-state index is -0.941. The normalized spacial score (nSPS) is 10.7. The van der Waals surface area contributed by atoms with Gasteiger partial charge in [-0.05, 0) is 61.9 Å². The van der Waals surface area contributed by atoms with E-state index in [4.69, 9.17) is 16.7 Å². The van der Waals surface area contributed by atoms with Crippen LogP contribution >= 0.6 is 11.6 Å². The molecule has 2 aromatic carbocycles. The van der Waals surface area contributed by atoms with E-state index < -0.39 is 5.97 Å². The lowest BCUT2D eigenvalue weighted by atomic mass is 10.1. The van der Waals surface area contributed by atoms with Crippen molar-refractivity contribution in [2.24, 2.45) is 0 Å². The van der Waals surface area contributed by atoms with Gasteiger partial charge in [0.05, 0.1) is 11.1 Å². The van der Waals surface area contributed by atoms with Gasteiger partial charge in [0.15, 0.2) is 0 Å². The molecule has 0 aliphatic carbocycles. The highest BCUT2D eigenvalue weighted by Crippen LogP contribution is 2.31. The number of aromatic carboxylic acids is 1. The lowest BCUT2D eigenvalue weighted by Crippen LogP contribution is -1.98. The van der Waals surface area contributed by atoms with E-state index in [1.54, 1.807) is 24.3 Å². The number of hydrogen-bond acceptors (Lipinski definition) is 3. The van der Waals surface area contributed by atoms with Gasteiger partial charge in [-0.3, -0.25) is 4.98 Å². The molecule has 1 aromatic heterocycles. The molecule has 0 atom stereocenters. The topological polar surface area (TPSA) is 62.2 Å². The Morgan fingerprint density at radius 2 is 1.83 bits per heavy atom. The molecule has 23 heavy (non-hydrogen) atoms. The quantitative estimate of drug-likeness (QED) is 0.715. The average Bonchev–Trinajstić information content (AvgIpc) is 2.49. The second-order valence-corrected chi connectivity index (χ2v) is 5.87. The molecule has 0 spiro atoms. The Kier molecular flexibility index (Phi) is 3.92. The van der Waals surface area contributed by atoms with Gasteiger partial charge in [0.1, 0.15) is 0 Å². The Morgan fingerprint density at radius 3 is 2.48 bits per heavy atom. The molecule has 3 aromatic rings. The zero-order chi connectivity index (χ0) is 16.6. The molecule has 0 bridgehead atoms. The zero-order valence-corrected chi connectivity index (χ0v) is 13.5. The third-order valence-electron chi connectivity index (χ3n) is 3.61. The molecular formula is C18H15ClN2O2. The molecule has 116 valence electrons. The highest BCUT2D eigenvalue weighted by Gasteiger charge is 2.09. The molecule has 0 unspecified atom stereocenters. The van der Waals surface area contributed by atoms with E-state index in [1.807, 2.05) is 32.0 Å². The summed E-state index contributed by atoms with van der Waals surface area (Å²) in [5.74, 6) is -0.941. The molecule has 3 rings (SSSR count). The summed E-state index contributed by atoms with van der Waals surface area (Å²) in [6.07, 6.45) is 0. The molecule has 0 saturated heterocycles. The monoisotopic (exact) mass is 326 g/mol. The van der Waals surface area contributed by atoms with Crippen LogP contribution < -0.4 is 5.32 Å². The van der Waals surface area contributed by atoms with Gasteiger partial charge in [-0.15, -0.1) is 0 Å². The first-order valence-corrected chi connectivity index (χ1v) is 7.50. The summed E-state index contributed by atoms with van der Waals surface area (Å²) in [5, 5.41) is 13.9. The van der Waals surface area contributed by atoms with Crippen molar-refractivity contribution in [3.8, 4) is 0 Å². The molecule has 0 radical (unpaired) electrons. The van der Waals surface area contributed by atoms with Gasteiger partial charge < -0.3 is 10.4 Å². The lowest BCUT2D eigenvalue weighted by molar-refractivity contribution is 0.0697. The van der Waals surface area contributed by atoms with E-state index in [9.17, 15) is 4.79 Å². The summed E-state index contributed by atoms with van der Waals surface area (Å²) in [4.78, 5) is 15.5. The van der Waals surface area contributed by atoms with E-state index in [0.717, 1.165) is 33.5 Å². The maximum absolute atomic E-state index is 10.9. The first-order chi connectivity index (χ1) is 10.9. The Bertz CT molecular complexity index is 905. The minimum Gasteiger partial charge on any atom is -0.478 e. The van der Waals surface area contributed by atoms with Crippen LogP contribution in [-0.4, -0.2) is 16.1 Å². The van der Waals surface area contributed by atoms with Gasteiger partial charge in [-0.1, -0.05) is 11.6 Å². The number of carboxylic acid groups (broad SMARTS) is 1. The molecule has 5 heteroatoms. The number of rotatable bonds is 3. The fourth-order valence-corrected chi connectivity index (χ4v) is 2.81. The van der Waals surface area contributed by atoms with E-state index in [0.29, 0.717) is 5.02 Å². The summed E-state index contributed by atoms with van der Waals surface area (Å²) in [6.45, 7) is 3.91. The van der Waals surface area contributed by atoms with Crippen LogP contribution in [0.15, 0.2) is 42.5 Å². The Hall–Kier alpha value is -2.59. The fourth-order valence-electron chi connectivity index (χ4n) is 2.54. The van der Waals surface area contributed by atoms with Crippen molar-refractivity contribution in [2.45, 2.75) is 13.8 Å². The van der Waals surface area contributed by atoms with E-state index in [1.165, 1.54) is 0 Å². The molecule has 0 amide bonds. The van der Waals surface area contributed by atoms with Gasteiger partial charge >= 0.3 is 5.97 Å². The van der Waals surface area contributed by atoms with Crippen molar-refractivity contribution >= 4 is 39.8 Å². The van der Waals surface area contributed by atoms with E-state index in [2.05, 4.69) is 10.3 Å². The molecule has 0 aliphatic rings. The molecule has 2 N–H and O–H groups in total. The molecule has 0 aliphatic heterocycles. The van der Waals surface area contributed by atoms with Gasteiger partial charge in [-0.2, -0.15) is 0 Å². The Morgan fingerprint density at radius 1 is 1.13 bits per heavy atom. The minimum absolute atomic E-state index is 0.255.